The van der Waals surface area contributed by atoms with Gasteiger partial charge in [0.2, 0.25) is 0 Å². The van der Waals surface area contributed by atoms with Crippen molar-refractivity contribution >= 4 is 22.4 Å². The third kappa shape index (κ3) is 2.84. The quantitative estimate of drug-likeness (QED) is 0.785. The zero-order valence-corrected chi connectivity index (χ0v) is 15.2. The summed E-state index contributed by atoms with van der Waals surface area (Å²) in [6, 6.07) is 6.85. The zero-order chi connectivity index (χ0) is 17.0. The summed E-state index contributed by atoms with van der Waals surface area (Å²) in [6.45, 7) is 13.0. The van der Waals surface area contributed by atoms with E-state index < -0.39 is 32.9 Å². The fourth-order valence-electron chi connectivity index (χ4n) is 2.16. The van der Waals surface area contributed by atoms with Crippen LogP contribution in [-0.4, -0.2) is 31.5 Å². The lowest BCUT2D eigenvalue weighted by atomic mass is 9.79. The van der Waals surface area contributed by atoms with Crippen LogP contribution in [0.15, 0.2) is 29.2 Å². The standard InChI is InChI=1S/C16H25BO4S/c1-14(2,3)22(18,19)13-10-8-9-12(11-13)17-20-15(4,5)16(6,7)21-17/h8-11H,1-7H3. The van der Waals surface area contributed by atoms with Gasteiger partial charge in [-0.2, -0.15) is 0 Å². The highest BCUT2D eigenvalue weighted by Gasteiger charge is 2.51. The summed E-state index contributed by atoms with van der Waals surface area (Å²) >= 11 is 0. The maximum absolute atomic E-state index is 12.6. The molecule has 0 unspecified atom stereocenters. The molecule has 4 nitrogen and oxygen atoms in total. The van der Waals surface area contributed by atoms with Crippen molar-refractivity contribution in [3.05, 3.63) is 24.3 Å². The molecule has 0 aromatic heterocycles. The summed E-state index contributed by atoms with van der Waals surface area (Å²) in [6.07, 6.45) is 0. The van der Waals surface area contributed by atoms with E-state index >= 15 is 0 Å². The first-order valence-electron chi connectivity index (χ1n) is 7.48. The van der Waals surface area contributed by atoms with Gasteiger partial charge in [0.25, 0.3) is 0 Å². The van der Waals surface area contributed by atoms with Gasteiger partial charge in [-0.3, -0.25) is 0 Å². The largest absolute Gasteiger partial charge is 0.494 e. The Morgan fingerprint density at radius 3 is 1.95 bits per heavy atom. The Kier molecular flexibility index (Phi) is 4.04. The molecule has 0 radical (unpaired) electrons. The molecular weight excluding hydrogens is 299 g/mol. The van der Waals surface area contributed by atoms with Crippen LogP contribution in [0.4, 0.5) is 0 Å². The molecule has 1 fully saturated rings. The number of hydrogen-bond donors (Lipinski definition) is 0. The zero-order valence-electron chi connectivity index (χ0n) is 14.4. The predicted octanol–water partition coefficient (Wildman–Crippen LogP) is 2.56. The summed E-state index contributed by atoms with van der Waals surface area (Å²) in [4.78, 5) is 0.298. The second-order valence-electron chi connectivity index (χ2n) is 7.78. The highest BCUT2D eigenvalue weighted by atomic mass is 32.2. The van der Waals surface area contributed by atoms with Crippen molar-refractivity contribution in [2.75, 3.05) is 0 Å². The smallest absolute Gasteiger partial charge is 0.399 e. The monoisotopic (exact) mass is 324 g/mol. The Morgan fingerprint density at radius 1 is 1.00 bits per heavy atom. The summed E-state index contributed by atoms with van der Waals surface area (Å²) in [5, 5.41) is 0. The lowest BCUT2D eigenvalue weighted by molar-refractivity contribution is 0.00578. The van der Waals surface area contributed by atoms with Gasteiger partial charge >= 0.3 is 7.12 Å². The molecular formula is C16H25BO4S. The number of benzene rings is 1. The van der Waals surface area contributed by atoms with Crippen LogP contribution >= 0.6 is 0 Å². The molecule has 0 atom stereocenters. The Balaban J connectivity index is 2.40. The second kappa shape index (κ2) is 5.08. The van der Waals surface area contributed by atoms with Crippen molar-refractivity contribution in [1.82, 2.24) is 0 Å². The van der Waals surface area contributed by atoms with Crippen molar-refractivity contribution in [3.63, 3.8) is 0 Å². The van der Waals surface area contributed by atoms with Gasteiger partial charge in [-0.15, -0.1) is 0 Å². The number of rotatable bonds is 2. The molecule has 0 saturated carbocycles. The van der Waals surface area contributed by atoms with Crippen LogP contribution in [0.25, 0.3) is 0 Å². The third-order valence-electron chi connectivity index (χ3n) is 4.50. The first-order chi connectivity index (χ1) is 9.78. The maximum atomic E-state index is 12.6. The molecule has 0 spiro atoms. The van der Waals surface area contributed by atoms with E-state index in [1.54, 1.807) is 39.0 Å². The van der Waals surface area contributed by atoms with Gasteiger partial charge in [0.1, 0.15) is 0 Å². The van der Waals surface area contributed by atoms with Crippen LogP contribution in [-0.2, 0) is 19.1 Å². The number of hydrogen-bond acceptors (Lipinski definition) is 4. The van der Waals surface area contributed by atoms with Gasteiger partial charge in [-0.05, 0) is 66.1 Å². The van der Waals surface area contributed by atoms with Crippen LogP contribution in [0.3, 0.4) is 0 Å². The van der Waals surface area contributed by atoms with Gasteiger partial charge in [0, 0.05) is 0 Å². The Labute approximate surface area is 134 Å². The third-order valence-corrected chi connectivity index (χ3v) is 6.99. The van der Waals surface area contributed by atoms with E-state index in [4.69, 9.17) is 9.31 Å². The van der Waals surface area contributed by atoms with Gasteiger partial charge < -0.3 is 9.31 Å². The maximum Gasteiger partial charge on any atom is 0.494 e. The van der Waals surface area contributed by atoms with Crippen LogP contribution in [0.5, 0.6) is 0 Å². The van der Waals surface area contributed by atoms with Gasteiger partial charge in [0.15, 0.2) is 9.84 Å². The summed E-state index contributed by atoms with van der Waals surface area (Å²) in [5.41, 5.74) is -0.170. The van der Waals surface area contributed by atoms with E-state index in [0.29, 0.717) is 4.90 Å². The average Bonchev–Trinajstić information content (AvgIpc) is 2.57. The van der Waals surface area contributed by atoms with Crippen molar-refractivity contribution < 1.29 is 17.7 Å². The van der Waals surface area contributed by atoms with Gasteiger partial charge in [-0.25, -0.2) is 8.42 Å². The van der Waals surface area contributed by atoms with E-state index in [0.717, 1.165) is 5.46 Å². The van der Waals surface area contributed by atoms with Crippen LogP contribution in [0, 0.1) is 0 Å². The van der Waals surface area contributed by atoms with Crippen molar-refractivity contribution in [2.45, 2.75) is 69.3 Å². The molecule has 22 heavy (non-hydrogen) atoms. The van der Waals surface area contributed by atoms with Crippen LogP contribution in [0.1, 0.15) is 48.5 Å². The predicted molar refractivity (Wildman–Crippen MR) is 89.1 cm³/mol. The molecule has 0 amide bonds. The SMILES string of the molecule is CC1(C)OB(c2cccc(S(=O)(=O)C(C)(C)C)c2)OC1(C)C. The summed E-state index contributed by atoms with van der Waals surface area (Å²) in [5.74, 6) is 0. The highest BCUT2D eigenvalue weighted by molar-refractivity contribution is 7.92. The Bertz CT molecular complexity index is 656. The minimum atomic E-state index is -3.40. The summed E-state index contributed by atoms with van der Waals surface area (Å²) < 4.78 is 36.3. The lowest BCUT2D eigenvalue weighted by Crippen LogP contribution is -2.41. The molecule has 1 aromatic carbocycles. The molecule has 1 heterocycles. The Morgan fingerprint density at radius 2 is 1.50 bits per heavy atom. The topological polar surface area (TPSA) is 52.6 Å². The average molecular weight is 324 g/mol. The Hall–Kier alpha value is -0.845. The van der Waals surface area contributed by atoms with Crippen molar-refractivity contribution in [1.29, 1.82) is 0 Å². The first kappa shape index (κ1) is 17.5. The highest BCUT2D eigenvalue weighted by Crippen LogP contribution is 2.36. The van der Waals surface area contributed by atoms with E-state index in [9.17, 15) is 8.42 Å². The minimum Gasteiger partial charge on any atom is -0.399 e. The van der Waals surface area contributed by atoms with Crippen molar-refractivity contribution in [3.8, 4) is 0 Å². The molecule has 1 aliphatic heterocycles. The lowest BCUT2D eigenvalue weighted by Gasteiger charge is -2.32. The number of sulfone groups is 1. The first-order valence-corrected chi connectivity index (χ1v) is 8.96. The molecule has 0 N–H and O–H groups in total. The van der Waals surface area contributed by atoms with E-state index in [1.165, 1.54) is 0 Å². The normalized spacial score (nSPS) is 21.1. The fourth-order valence-corrected chi connectivity index (χ4v) is 3.42. The van der Waals surface area contributed by atoms with Crippen LogP contribution < -0.4 is 5.46 Å². The van der Waals surface area contributed by atoms with Crippen molar-refractivity contribution in [2.24, 2.45) is 0 Å². The summed E-state index contributed by atoms with van der Waals surface area (Å²) in [7, 11) is -3.95. The molecule has 1 aromatic rings. The van der Waals surface area contributed by atoms with E-state index in [2.05, 4.69) is 0 Å². The molecule has 0 aliphatic carbocycles. The molecule has 1 aliphatic rings. The second-order valence-corrected chi connectivity index (χ2v) is 10.5. The van der Waals surface area contributed by atoms with E-state index in [-0.39, 0.29) is 0 Å². The molecule has 1 saturated heterocycles. The minimum absolute atomic E-state index is 0.298. The van der Waals surface area contributed by atoms with Gasteiger partial charge in [-0.1, -0.05) is 12.1 Å². The molecule has 122 valence electrons. The molecule has 6 heteroatoms. The molecule has 2 rings (SSSR count). The van der Waals surface area contributed by atoms with Crippen LogP contribution in [0.2, 0.25) is 0 Å². The van der Waals surface area contributed by atoms with E-state index in [1.807, 2.05) is 33.8 Å². The fraction of sp³-hybridized carbons (Fsp3) is 0.625. The van der Waals surface area contributed by atoms with Gasteiger partial charge in [0.05, 0.1) is 20.8 Å². The molecule has 0 bridgehead atoms.